The molecule has 0 heterocycles. The van der Waals surface area contributed by atoms with E-state index in [4.69, 9.17) is 0 Å². The first-order valence-electron chi connectivity index (χ1n) is 8.76. The standard InChI is InChI=1S/C23H22/c1-23(2)21-14-16-8-3-5-9-18(16)20(21)12-11-17-13-15-7-4-6-10-19(15)22(17)23/h3-10,13-14,20,22H,11-12H2,1-2H3. The lowest BCUT2D eigenvalue weighted by atomic mass is 9.67. The van der Waals surface area contributed by atoms with Gasteiger partial charge in [0.25, 0.3) is 0 Å². The van der Waals surface area contributed by atoms with Crippen molar-refractivity contribution < 1.29 is 0 Å². The maximum atomic E-state index is 2.49. The van der Waals surface area contributed by atoms with Gasteiger partial charge >= 0.3 is 0 Å². The first-order valence-corrected chi connectivity index (χ1v) is 8.76. The minimum atomic E-state index is 0.179. The Hall–Kier alpha value is -2.08. The first kappa shape index (κ1) is 13.4. The van der Waals surface area contributed by atoms with Crippen molar-refractivity contribution in [3.63, 3.8) is 0 Å². The molecule has 0 heteroatoms. The van der Waals surface area contributed by atoms with Crippen LogP contribution in [0, 0.1) is 5.41 Å². The van der Waals surface area contributed by atoms with Crippen LogP contribution in [0.2, 0.25) is 0 Å². The Morgan fingerprint density at radius 3 is 2.26 bits per heavy atom. The fourth-order valence-corrected chi connectivity index (χ4v) is 5.28. The Kier molecular flexibility index (Phi) is 2.60. The summed E-state index contributed by atoms with van der Waals surface area (Å²) in [6.07, 6.45) is 7.43. The summed E-state index contributed by atoms with van der Waals surface area (Å²) in [5, 5.41) is 0. The largest absolute Gasteiger partial charge is 0.0619 e. The lowest BCUT2D eigenvalue weighted by Crippen LogP contribution is -2.24. The van der Waals surface area contributed by atoms with Gasteiger partial charge < -0.3 is 0 Å². The monoisotopic (exact) mass is 298 g/mol. The van der Waals surface area contributed by atoms with Crippen molar-refractivity contribution >= 4 is 12.2 Å². The maximum absolute atomic E-state index is 2.49. The summed E-state index contributed by atoms with van der Waals surface area (Å²) in [6.45, 7) is 4.92. The first-order chi connectivity index (χ1) is 11.2. The lowest BCUT2D eigenvalue weighted by molar-refractivity contribution is 0.382. The Balaban J connectivity index is 1.69. The molecule has 2 atom stereocenters. The third-order valence-electron chi connectivity index (χ3n) is 6.26. The zero-order valence-corrected chi connectivity index (χ0v) is 13.8. The van der Waals surface area contributed by atoms with Crippen LogP contribution in [0.15, 0.2) is 59.7 Å². The molecule has 0 N–H and O–H groups in total. The van der Waals surface area contributed by atoms with Crippen LogP contribution in [0.3, 0.4) is 0 Å². The van der Waals surface area contributed by atoms with Gasteiger partial charge in [-0.05, 0) is 40.5 Å². The van der Waals surface area contributed by atoms with Gasteiger partial charge in [0.15, 0.2) is 0 Å². The molecular weight excluding hydrogens is 276 g/mol. The molecule has 1 saturated carbocycles. The van der Waals surface area contributed by atoms with Gasteiger partial charge in [0.05, 0.1) is 0 Å². The quantitative estimate of drug-likeness (QED) is 0.545. The Morgan fingerprint density at radius 2 is 1.48 bits per heavy atom. The van der Waals surface area contributed by atoms with Gasteiger partial charge in [-0.25, -0.2) is 0 Å². The number of hydrogen-bond acceptors (Lipinski definition) is 0. The van der Waals surface area contributed by atoms with Crippen LogP contribution in [0.5, 0.6) is 0 Å². The van der Waals surface area contributed by atoms with Crippen LogP contribution < -0.4 is 0 Å². The van der Waals surface area contributed by atoms with E-state index in [2.05, 4.69) is 74.5 Å². The number of rotatable bonds is 0. The average Bonchev–Trinajstić information content (AvgIpc) is 3.09. The molecule has 0 nitrogen and oxygen atoms in total. The van der Waals surface area contributed by atoms with Crippen LogP contribution in [0.1, 0.15) is 60.8 Å². The second-order valence-electron chi connectivity index (χ2n) is 7.82. The summed E-state index contributed by atoms with van der Waals surface area (Å²) in [7, 11) is 0. The minimum Gasteiger partial charge on any atom is -0.0619 e. The van der Waals surface area contributed by atoms with E-state index >= 15 is 0 Å². The summed E-state index contributed by atoms with van der Waals surface area (Å²) in [4.78, 5) is 0. The molecule has 0 aromatic heterocycles. The lowest BCUT2D eigenvalue weighted by Gasteiger charge is -2.36. The molecule has 0 saturated heterocycles. The smallest absolute Gasteiger partial charge is 0.0146 e. The fraction of sp³-hybridized carbons (Fsp3) is 0.304. The van der Waals surface area contributed by atoms with Crippen LogP contribution in [0.25, 0.3) is 12.2 Å². The molecule has 114 valence electrons. The van der Waals surface area contributed by atoms with E-state index in [1.807, 2.05) is 0 Å². The highest BCUT2D eigenvalue weighted by molar-refractivity contribution is 5.73. The van der Waals surface area contributed by atoms with E-state index in [-0.39, 0.29) is 5.41 Å². The van der Waals surface area contributed by atoms with Crippen LogP contribution in [-0.2, 0) is 0 Å². The molecule has 5 rings (SSSR count). The van der Waals surface area contributed by atoms with E-state index in [0.29, 0.717) is 11.8 Å². The molecular formula is C23H22. The SMILES string of the molecule is CC1(C)C2=Cc3ccccc3C2CCC2=Cc3ccccc3C21. The topological polar surface area (TPSA) is 0 Å². The average molecular weight is 298 g/mol. The normalized spacial score (nSPS) is 26.3. The Bertz CT molecular complexity index is 863. The van der Waals surface area contributed by atoms with Gasteiger partial charge in [0, 0.05) is 11.8 Å². The number of allylic oxidation sites excluding steroid dienone is 2. The molecule has 0 spiro atoms. The maximum Gasteiger partial charge on any atom is 0.0146 e. The highest BCUT2D eigenvalue weighted by atomic mass is 14.5. The van der Waals surface area contributed by atoms with E-state index in [0.717, 1.165) is 0 Å². The second-order valence-corrected chi connectivity index (χ2v) is 7.82. The Labute approximate surface area is 138 Å². The minimum absolute atomic E-state index is 0.179. The summed E-state index contributed by atoms with van der Waals surface area (Å²) < 4.78 is 0. The van der Waals surface area contributed by atoms with Crippen molar-refractivity contribution in [1.82, 2.24) is 0 Å². The van der Waals surface area contributed by atoms with E-state index in [1.54, 1.807) is 16.7 Å². The highest BCUT2D eigenvalue weighted by Crippen LogP contribution is 2.60. The van der Waals surface area contributed by atoms with Crippen molar-refractivity contribution in [1.29, 1.82) is 0 Å². The van der Waals surface area contributed by atoms with Crippen molar-refractivity contribution in [2.45, 2.75) is 38.5 Å². The van der Waals surface area contributed by atoms with Gasteiger partial charge in [-0.1, -0.05) is 85.7 Å². The molecule has 3 aliphatic rings. The van der Waals surface area contributed by atoms with E-state index < -0.39 is 0 Å². The van der Waals surface area contributed by atoms with Crippen LogP contribution in [-0.4, -0.2) is 0 Å². The van der Waals surface area contributed by atoms with Crippen molar-refractivity contribution in [2.75, 3.05) is 0 Å². The highest BCUT2D eigenvalue weighted by Gasteiger charge is 2.46. The van der Waals surface area contributed by atoms with Gasteiger partial charge in [-0.2, -0.15) is 0 Å². The number of hydrogen-bond donors (Lipinski definition) is 0. The third-order valence-corrected chi connectivity index (χ3v) is 6.26. The van der Waals surface area contributed by atoms with Gasteiger partial charge in [0.2, 0.25) is 0 Å². The van der Waals surface area contributed by atoms with Crippen molar-refractivity contribution in [3.05, 3.63) is 81.9 Å². The predicted molar refractivity (Wildman–Crippen MR) is 97.3 cm³/mol. The molecule has 0 bridgehead atoms. The molecule has 1 fully saturated rings. The van der Waals surface area contributed by atoms with Crippen molar-refractivity contribution in [3.8, 4) is 0 Å². The summed E-state index contributed by atoms with van der Waals surface area (Å²) in [5.74, 6) is 1.16. The number of fused-ring (bicyclic) bond motifs is 6. The Morgan fingerprint density at radius 1 is 0.826 bits per heavy atom. The van der Waals surface area contributed by atoms with Gasteiger partial charge in [0.1, 0.15) is 0 Å². The predicted octanol–water partition coefficient (Wildman–Crippen LogP) is 6.17. The molecule has 3 aliphatic carbocycles. The zero-order valence-electron chi connectivity index (χ0n) is 13.8. The summed E-state index contributed by atoms with van der Waals surface area (Å²) in [6, 6.07) is 18.0. The van der Waals surface area contributed by atoms with Gasteiger partial charge in [-0.3, -0.25) is 0 Å². The molecule has 0 aliphatic heterocycles. The van der Waals surface area contributed by atoms with Gasteiger partial charge in [-0.15, -0.1) is 0 Å². The second kappa shape index (κ2) is 4.47. The van der Waals surface area contributed by atoms with E-state index in [9.17, 15) is 0 Å². The summed E-state index contributed by atoms with van der Waals surface area (Å²) in [5.41, 5.74) is 9.43. The molecule has 0 radical (unpaired) electrons. The molecule has 2 unspecified atom stereocenters. The molecule has 0 amide bonds. The fourth-order valence-electron chi connectivity index (χ4n) is 5.28. The van der Waals surface area contributed by atoms with Crippen LogP contribution >= 0.6 is 0 Å². The number of benzene rings is 2. The van der Waals surface area contributed by atoms with Crippen LogP contribution in [0.4, 0.5) is 0 Å². The molecule has 23 heavy (non-hydrogen) atoms. The molecule has 2 aromatic carbocycles. The molecule has 2 aromatic rings. The van der Waals surface area contributed by atoms with Crippen molar-refractivity contribution in [2.24, 2.45) is 5.41 Å². The summed E-state index contributed by atoms with van der Waals surface area (Å²) >= 11 is 0. The van der Waals surface area contributed by atoms with E-state index in [1.165, 1.54) is 29.5 Å². The zero-order chi connectivity index (χ0) is 15.6. The third kappa shape index (κ3) is 1.72.